The summed E-state index contributed by atoms with van der Waals surface area (Å²) in [5, 5.41) is 0. The van der Waals surface area contributed by atoms with Crippen molar-refractivity contribution in [2.45, 2.75) is 72.9 Å². The second-order valence-corrected chi connectivity index (χ2v) is 9.30. The number of rotatable bonds is 7. The number of hydrogen-bond donors (Lipinski definition) is 0. The van der Waals surface area contributed by atoms with Crippen LogP contribution in [0, 0.1) is 0 Å². The highest BCUT2D eigenvalue weighted by Crippen LogP contribution is 2.56. The molecule has 46 heavy (non-hydrogen) atoms. The Morgan fingerprint density at radius 1 is 0.565 bits per heavy atom. The Kier molecular flexibility index (Phi) is 10.5. The van der Waals surface area contributed by atoms with Gasteiger partial charge in [0.15, 0.2) is 0 Å². The van der Waals surface area contributed by atoms with Gasteiger partial charge in [0.05, 0.1) is 32.8 Å². The highest BCUT2D eigenvalue weighted by atomic mass is 19.4. The SMILES string of the molecule is FC1CN(C(F)(F)F)CC(OCCOC2(F)CN(C(F)(F)F)CC(C(F)(C(F)(F)F)C(F)(F)F)O2)(C(F)(C(F)(F)F)C(F)(F)F)O1. The van der Waals surface area contributed by atoms with E-state index >= 15 is 4.39 Å². The number of halogens is 22. The highest BCUT2D eigenvalue weighted by molar-refractivity contribution is 5.10. The third-order valence-corrected chi connectivity index (χ3v) is 6.19. The lowest BCUT2D eigenvalue weighted by atomic mass is 9.91. The molecule has 0 aromatic carbocycles. The molecular formula is C18H14F22N2O4. The van der Waals surface area contributed by atoms with Crippen LogP contribution >= 0.6 is 0 Å². The maximum Gasteiger partial charge on any atom is 0.460 e. The second kappa shape index (κ2) is 12.0. The van der Waals surface area contributed by atoms with Crippen molar-refractivity contribution >= 4 is 0 Å². The molecule has 0 saturated carbocycles. The first-order chi connectivity index (χ1) is 20.1. The van der Waals surface area contributed by atoms with E-state index in [0.29, 0.717) is 0 Å². The van der Waals surface area contributed by atoms with Crippen molar-refractivity contribution in [1.29, 1.82) is 0 Å². The lowest BCUT2D eigenvalue weighted by Crippen LogP contribution is -2.76. The summed E-state index contributed by atoms with van der Waals surface area (Å²) in [7, 11) is 0. The molecular weight excluding hydrogens is 726 g/mol. The Balaban J connectivity index is 2.49. The third kappa shape index (κ3) is 7.44. The predicted molar refractivity (Wildman–Crippen MR) is 96.5 cm³/mol. The summed E-state index contributed by atoms with van der Waals surface area (Å²) >= 11 is 0. The van der Waals surface area contributed by atoms with Crippen molar-refractivity contribution in [1.82, 2.24) is 9.80 Å². The van der Waals surface area contributed by atoms with Crippen molar-refractivity contribution in [3.63, 3.8) is 0 Å². The van der Waals surface area contributed by atoms with Crippen LogP contribution in [0.25, 0.3) is 0 Å². The smallest absolute Gasteiger partial charge is 0.343 e. The zero-order valence-corrected chi connectivity index (χ0v) is 21.2. The molecule has 4 atom stereocenters. The van der Waals surface area contributed by atoms with Crippen LogP contribution in [0.2, 0.25) is 0 Å². The summed E-state index contributed by atoms with van der Waals surface area (Å²) in [6, 6.07) is -5.03. The summed E-state index contributed by atoms with van der Waals surface area (Å²) in [5.74, 6) is -5.50. The van der Waals surface area contributed by atoms with Crippen LogP contribution in [-0.4, -0.2) is 122 Å². The first kappa shape index (κ1) is 40.4. The average molecular weight is 740 g/mol. The van der Waals surface area contributed by atoms with Crippen molar-refractivity contribution in [3.05, 3.63) is 0 Å². The lowest BCUT2D eigenvalue weighted by molar-refractivity contribution is -0.475. The molecule has 2 fully saturated rings. The van der Waals surface area contributed by atoms with Crippen LogP contribution in [0.5, 0.6) is 0 Å². The number of ether oxygens (including phenoxy) is 4. The molecule has 2 heterocycles. The molecule has 28 heteroatoms. The molecule has 0 radical (unpaired) electrons. The van der Waals surface area contributed by atoms with E-state index in [1.54, 1.807) is 0 Å². The summed E-state index contributed by atoms with van der Waals surface area (Å²) in [6.45, 7) is -15.3. The van der Waals surface area contributed by atoms with Gasteiger partial charge in [0.2, 0.25) is 12.1 Å². The molecule has 0 bridgehead atoms. The van der Waals surface area contributed by atoms with Crippen LogP contribution in [0.1, 0.15) is 0 Å². The largest absolute Gasteiger partial charge is 0.460 e. The number of nitrogens with zero attached hydrogens (tertiary/aromatic N) is 2. The summed E-state index contributed by atoms with van der Waals surface area (Å²) < 4.78 is 311. The third-order valence-electron chi connectivity index (χ3n) is 6.19. The normalized spacial score (nSPS) is 29.3. The zero-order chi connectivity index (χ0) is 36.4. The van der Waals surface area contributed by atoms with Crippen molar-refractivity contribution in [2.75, 3.05) is 39.4 Å². The standard InChI is InChI=1S/C18H14F22N2O4/c19-8-4-42(18(38,39)40)5-9(46-8,12(22,15(29,30)31)16(32,33)34)43-1-2-44-10(20)6-41(17(35,36)37)3-7(45-10)11(21,13(23,24)25)14(26,27)28/h7-8H,1-6H2. The Morgan fingerprint density at radius 3 is 1.37 bits per heavy atom. The Morgan fingerprint density at radius 2 is 0.978 bits per heavy atom. The Bertz CT molecular complexity index is 1020. The van der Waals surface area contributed by atoms with Gasteiger partial charge in [-0.15, -0.1) is 0 Å². The van der Waals surface area contributed by atoms with E-state index in [2.05, 4.69) is 18.9 Å². The molecule has 0 aliphatic carbocycles. The van der Waals surface area contributed by atoms with Crippen molar-refractivity contribution in [3.8, 4) is 0 Å². The second-order valence-electron chi connectivity index (χ2n) is 9.30. The fourth-order valence-corrected chi connectivity index (χ4v) is 4.11. The highest BCUT2D eigenvalue weighted by Gasteiger charge is 2.85. The van der Waals surface area contributed by atoms with Crippen LogP contribution in [0.4, 0.5) is 96.6 Å². The Labute approximate surface area is 239 Å². The van der Waals surface area contributed by atoms with E-state index < -0.39 is 122 Å². The molecule has 6 nitrogen and oxygen atoms in total. The minimum absolute atomic E-state index is 1.52. The van der Waals surface area contributed by atoms with Gasteiger partial charge in [-0.25, -0.2) is 23.0 Å². The predicted octanol–water partition coefficient (Wildman–Crippen LogP) is 6.37. The van der Waals surface area contributed by atoms with Gasteiger partial charge in [-0.1, -0.05) is 0 Å². The van der Waals surface area contributed by atoms with Gasteiger partial charge in [-0.2, -0.15) is 83.4 Å². The molecule has 0 amide bonds. The Hall–Kier alpha value is -1.78. The fourth-order valence-electron chi connectivity index (χ4n) is 4.11. The first-order valence-corrected chi connectivity index (χ1v) is 11.3. The first-order valence-electron chi connectivity index (χ1n) is 11.3. The molecule has 2 aliphatic rings. The maximum absolute atomic E-state index is 15.0. The molecule has 4 unspecified atom stereocenters. The molecule has 2 saturated heterocycles. The molecule has 2 aliphatic heterocycles. The molecule has 0 aromatic heterocycles. The van der Waals surface area contributed by atoms with Gasteiger partial charge >= 0.3 is 54.7 Å². The van der Waals surface area contributed by atoms with Gasteiger partial charge in [0, 0.05) is 6.54 Å². The van der Waals surface area contributed by atoms with Crippen LogP contribution in [0.15, 0.2) is 0 Å². The fraction of sp³-hybridized carbons (Fsp3) is 1.00. The van der Waals surface area contributed by atoms with Gasteiger partial charge in [0.25, 0.3) is 0 Å². The van der Waals surface area contributed by atoms with E-state index in [1.165, 1.54) is 0 Å². The van der Waals surface area contributed by atoms with Gasteiger partial charge in [-0.3, -0.25) is 0 Å². The lowest BCUT2D eigenvalue weighted by Gasteiger charge is -2.50. The summed E-state index contributed by atoms with van der Waals surface area (Å²) in [6.07, 6.45) is -49.7. The van der Waals surface area contributed by atoms with E-state index in [0.717, 1.165) is 0 Å². The average Bonchev–Trinajstić information content (AvgIpc) is 2.81. The van der Waals surface area contributed by atoms with Gasteiger partial charge in [-0.05, 0) is 0 Å². The maximum atomic E-state index is 15.0. The van der Waals surface area contributed by atoms with Gasteiger partial charge < -0.3 is 18.9 Å². The van der Waals surface area contributed by atoms with E-state index in [-0.39, 0.29) is 0 Å². The molecule has 274 valence electrons. The minimum atomic E-state index is -7.38. The number of alkyl halides is 22. The molecule has 0 spiro atoms. The molecule has 0 aromatic rings. The number of morpholine rings is 2. The molecule has 0 N–H and O–H groups in total. The van der Waals surface area contributed by atoms with Gasteiger partial charge in [0.1, 0.15) is 6.10 Å². The molecule has 2 rings (SSSR count). The monoisotopic (exact) mass is 740 g/mol. The summed E-state index contributed by atoms with van der Waals surface area (Å²) in [4.78, 5) is -3.11. The quantitative estimate of drug-likeness (QED) is 0.172. The van der Waals surface area contributed by atoms with Crippen molar-refractivity contribution in [2.24, 2.45) is 0 Å². The minimum Gasteiger partial charge on any atom is -0.343 e. The summed E-state index contributed by atoms with van der Waals surface area (Å²) in [5.41, 5.74) is -13.9. The van der Waals surface area contributed by atoms with E-state index in [1.807, 2.05) is 0 Å². The van der Waals surface area contributed by atoms with Crippen LogP contribution in [0.3, 0.4) is 0 Å². The topological polar surface area (TPSA) is 43.4 Å². The van der Waals surface area contributed by atoms with Crippen LogP contribution < -0.4 is 0 Å². The van der Waals surface area contributed by atoms with Crippen LogP contribution in [-0.2, 0) is 18.9 Å². The van der Waals surface area contributed by atoms with E-state index in [4.69, 9.17) is 0 Å². The zero-order valence-electron chi connectivity index (χ0n) is 21.2. The van der Waals surface area contributed by atoms with E-state index in [9.17, 15) is 92.2 Å². The number of hydrogen-bond acceptors (Lipinski definition) is 6. The van der Waals surface area contributed by atoms with Crippen molar-refractivity contribution < 1.29 is 116 Å².